The van der Waals surface area contributed by atoms with Gasteiger partial charge in [-0.1, -0.05) is 18.2 Å². The van der Waals surface area contributed by atoms with Crippen molar-refractivity contribution in [2.24, 2.45) is 7.05 Å². The first-order valence-electron chi connectivity index (χ1n) is 6.88. The predicted octanol–water partition coefficient (Wildman–Crippen LogP) is 3.16. The summed E-state index contributed by atoms with van der Waals surface area (Å²) in [5.41, 5.74) is -0.520. The highest BCUT2D eigenvalue weighted by atomic mass is 19.4. The van der Waals surface area contributed by atoms with Crippen molar-refractivity contribution in [2.75, 3.05) is 0 Å². The van der Waals surface area contributed by atoms with Gasteiger partial charge in [-0.15, -0.1) is 0 Å². The monoisotopic (exact) mass is 323 g/mol. The first-order chi connectivity index (χ1) is 10.8. The molecule has 1 N–H and O–H groups in total. The van der Waals surface area contributed by atoms with Crippen LogP contribution in [-0.4, -0.2) is 15.5 Å². The molecule has 0 fully saturated rings. The lowest BCUT2D eigenvalue weighted by atomic mass is 10.00. The standard InChI is InChI=1S/C16H16F3N3O/c1-11(12-5-3-4-6-13(12)16(17,18)19)9-15(23)21-10-14-20-7-8-22(14)2/h3-9H,10H2,1-2H3,(H,21,23). The fourth-order valence-corrected chi connectivity index (χ4v) is 2.13. The Morgan fingerprint density at radius 1 is 1.35 bits per heavy atom. The molecule has 1 heterocycles. The van der Waals surface area contributed by atoms with Gasteiger partial charge in [0.05, 0.1) is 12.1 Å². The normalized spacial score (nSPS) is 12.3. The zero-order chi connectivity index (χ0) is 17.0. The van der Waals surface area contributed by atoms with Gasteiger partial charge >= 0.3 is 6.18 Å². The number of nitrogens with zero attached hydrogens (tertiary/aromatic N) is 2. The topological polar surface area (TPSA) is 46.9 Å². The smallest absolute Gasteiger partial charge is 0.345 e. The van der Waals surface area contributed by atoms with Crippen LogP contribution in [0.4, 0.5) is 13.2 Å². The van der Waals surface area contributed by atoms with Crippen LogP contribution in [0, 0.1) is 0 Å². The van der Waals surface area contributed by atoms with Gasteiger partial charge in [-0.05, 0) is 24.1 Å². The van der Waals surface area contributed by atoms with E-state index in [4.69, 9.17) is 0 Å². The van der Waals surface area contributed by atoms with E-state index in [1.165, 1.54) is 25.1 Å². The van der Waals surface area contributed by atoms with E-state index < -0.39 is 17.6 Å². The van der Waals surface area contributed by atoms with Gasteiger partial charge in [0.15, 0.2) is 0 Å². The molecule has 0 radical (unpaired) electrons. The summed E-state index contributed by atoms with van der Waals surface area (Å²) in [6.07, 6.45) is 0.0347. The van der Waals surface area contributed by atoms with Gasteiger partial charge in [-0.2, -0.15) is 13.2 Å². The largest absolute Gasteiger partial charge is 0.416 e. The molecule has 2 aromatic rings. The molecule has 0 saturated heterocycles. The van der Waals surface area contributed by atoms with Crippen LogP contribution in [0.25, 0.3) is 5.57 Å². The van der Waals surface area contributed by atoms with E-state index in [0.29, 0.717) is 5.82 Å². The molecule has 0 unspecified atom stereocenters. The molecule has 1 aromatic heterocycles. The van der Waals surface area contributed by atoms with Crippen LogP contribution < -0.4 is 5.32 Å². The number of nitrogens with one attached hydrogen (secondary N) is 1. The molecule has 0 aliphatic heterocycles. The number of hydrogen-bond acceptors (Lipinski definition) is 2. The number of aryl methyl sites for hydroxylation is 1. The number of allylic oxidation sites excluding steroid dienone is 1. The number of aromatic nitrogens is 2. The molecule has 4 nitrogen and oxygen atoms in total. The Bertz CT molecular complexity index is 732. The van der Waals surface area contributed by atoms with Crippen LogP contribution in [-0.2, 0) is 24.6 Å². The molecule has 0 spiro atoms. The number of halogens is 3. The van der Waals surface area contributed by atoms with E-state index in [-0.39, 0.29) is 17.7 Å². The molecule has 2 rings (SSSR count). The Hall–Kier alpha value is -2.57. The average Bonchev–Trinajstić information content (AvgIpc) is 2.89. The minimum atomic E-state index is -4.46. The summed E-state index contributed by atoms with van der Waals surface area (Å²) in [5, 5.41) is 2.60. The predicted molar refractivity (Wildman–Crippen MR) is 80.1 cm³/mol. The second-order valence-electron chi connectivity index (χ2n) is 5.04. The highest BCUT2D eigenvalue weighted by molar-refractivity contribution is 5.95. The number of hydrogen-bond donors (Lipinski definition) is 1. The summed E-state index contributed by atoms with van der Waals surface area (Å²) >= 11 is 0. The van der Waals surface area contributed by atoms with Gasteiger partial charge < -0.3 is 9.88 Å². The van der Waals surface area contributed by atoms with Crippen LogP contribution in [0.15, 0.2) is 42.7 Å². The number of carbonyl (C=O) groups is 1. The minimum absolute atomic E-state index is 0.00728. The molecule has 0 atom stereocenters. The zero-order valence-corrected chi connectivity index (χ0v) is 12.7. The molecule has 23 heavy (non-hydrogen) atoms. The molecule has 122 valence electrons. The Balaban J connectivity index is 2.13. The quantitative estimate of drug-likeness (QED) is 0.879. The van der Waals surface area contributed by atoms with Crippen LogP contribution in [0.2, 0.25) is 0 Å². The maximum Gasteiger partial charge on any atom is 0.416 e. The molecule has 1 amide bonds. The lowest BCUT2D eigenvalue weighted by Crippen LogP contribution is -2.22. The number of carbonyl (C=O) groups excluding carboxylic acids is 1. The summed E-state index contributed by atoms with van der Waals surface area (Å²) in [7, 11) is 1.79. The average molecular weight is 323 g/mol. The Morgan fingerprint density at radius 3 is 2.65 bits per heavy atom. The highest BCUT2D eigenvalue weighted by Crippen LogP contribution is 2.34. The third-order valence-corrected chi connectivity index (χ3v) is 3.35. The number of rotatable bonds is 4. The van der Waals surface area contributed by atoms with E-state index >= 15 is 0 Å². The summed E-state index contributed by atoms with van der Waals surface area (Å²) in [6.45, 7) is 1.68. The number of imidazole rings is 1. The molecule has 0 aliphatic carbocycles. The molecule has 1 aromatic carbocycles. The van der Waals surface area contributed by atoms with E-state index in [2.05, 4.69) is 10.3 Å². The zero-order valence-electron chi connectivity index (χ0n) is 12.7. The summed E-state index contributed by atoms with van der Waals surface area (Å²) in [5.74, 6) is 0.183. The second-order valence-corrected chi connectivity index (χ2v) is 5.04. The van der Waals surface area contributed by atoms with E-state index in [1.54, 1.807) is 24.0 Å². The number of benzene rings is 1. The first-order valence-corrected chi connectivity index (χ1v) is 6.88. The second kappa shape index (κ2) is 6.68. The minimum Gasteiger partial charge on any atom is -0.345 e. The van der Waals surface area contributed by atoms with Crippen molar-refractivity contribution in [3.63, 3.8) is 0 Å². The van der Waals surface area contributed by atoms with Crippen molar-refractivity contribution >= 4 is 11.5 Å². The van der Waals surface area contributed by atoms with Crippen molar-refractivity contribution in [2.45, 2.75) is 19.6 Å². The molecule has 0 aliphatic rings. The molecular formula is C16H16F3N3O. The lowest BCUT2D eigenvalue weighted by Gasteiger charge is -2.13. The van der Waals surface area contributed by atoms with Crippen molar-refractivity contribution in [1.29, 1.82) is 0 Å². The van der Waals surface area contributed by atoms with Gasteiger partial charge in [0.2, 0.25) is 5.91 Å². The molecular weight excluding hydrogens is 307 g/mol. The Morgan fingerprint density at radius 2 is 2.04 bits per heavy atom. The van der Waals surface area contributed by atoms with Crippen LogP contribution in [0.5, 0.6) is 0 Å². The van der Waals surface area contributed by atoms with E-state index in [0.717, 1.165) is 12.1 Å². The highest BCUT2D eigenvalue weighted by Gasteiger charge is 2.33. The lowest BCUT2D eigenvalue weighted by molar-refractivity contribution is -0.137. The Labute approximate surface area is 131 Å². The summed E-state index contributed by atoms with van der Waals surface area (Å²) < 4.78 is 40.7. The van der Waals surface area contributed by atoms with Crippen molar-refractivity contribution in [3.8, 4) is 0 Å². The van der Waals surface area contributed by atoms with Gasteiger partial charge in [0, 0.05) is 25.5 Å². The van der Waals surface area contributed by atoms with Crippen molar-refractivity contribution < 1.29 is 18.0 Å². The third-order valence-electron chi connectivity index (χ3n) is 3.35. The van der Waals surface area contributed by atoms with Gasteiger partial charge in [-0.3, -0.25) is 4.79 Å². The van der Waals surface area contributed by atoms with E-state index in [1.807, 2.05) is 0 Å². The number of amides is 1. The summed E-state index contributed by atoms with van der Waals surface area (Å²) in [6, 6.07) is 5.17. The van der Waals surface area contributed by atoms with Crippen LogP contribution >= 0.6 is 0 Å². The van der Waals surface area contributed by atoms with Crippen LogP contribution in [0.3, 0.4) is 0 Å². The summed E-state index contributed by atoms with van der Waals surface area (Å²) in [4.78, 5) is 15.9. The molecule has 0 bridgehead atoms. The van der Waals surface area contributed by atoms with Crippen molar-refractivity contribution in [1.82, 2.24) is 14.9 Å². The molecule has 0 saturated carbocycles. The van der Waals surface area contributed by atoms with Crippen molar-refractivity contribution in [3.05, 3.63) is 59.7 Å². The Kier molecular flexibility index (Phi) is 4.88. The van der Waals surface area contributed by atoms with Gasteiger partial charge in [0.1, 0.15) is 5.82 Å². The van der Waals surface area contributed by atoms with E-state index in [9.17, 15) is 18.0 Å². The fourth-order valence-electron chi connectivity index (χ4n) is 2.13. The third kappa shape index (κ3) is 4.21. The maximum atomic E-state index is 13.0. The van der Waals surface area contributed by atoms with Gasteiger partial charge in [0.25, 0.3) is 0 Å². The first kappa shape index (κ1) is 16.8. The maximum absolute atomic E-state index is 13.0. The number of alkyl halides is 3. The van der Waals surface area contributed by atoms with Gasteiger partial charge in [-0.25, -0.2) is 4.98 Å². The van der Waals surface area contributed by atoms with Crippen LogP contribution in [0.1, 0.15) is 23.9 Å². The molecule has 7 heteroatoms. The fraction of sp³-hybridized carbons (Fsp3) is 0.250. The SMILES string of the molecule is CC(=CC(=O)NCc1nccn1C)c1ccccc1C(F)(F)F.